The average Bonchev–Trinajstić information content (AvgIpc) is 2.89. The number of hydrogen-bond acceptors (Lipinski definition) is 3. The quantitative estimate of drug-likeness (QED) is 0.841. The predicted octanol–water partition coefficient (Wildman–Crippen LogP) is 2.28. The van der Waals surface area contributed by atoms with Gasteiger partial charge in [0, 0.05) is 6.20 Å². The van der Waals surface area contributed by atoms with Gasteiger partial charge in [-0.05, 0) is 37.3 Å². The molecule has 1 amide bonds. The van der Waals surface area contributed by atoms with Crippen molar-refractivity contribution in [2.45, 2.75) is 13.0 Å². The summed E-state index contributed by atoms with van der Waals surface area (Å²) >= 11 is 0. The predicted molar refractivity (Wildman–Crippen MR) is 73.3 cm³/mol. The van der Waals surface area contributed by atoms with Crippen LogP contribution in [0.2, 0.25) is 0 Å². The average molecular weight is 272 g/mol. The first kappa shape index (κ1) is 13.6. The Labute approximate surface area is 115 Å². The third kappa shape index (κ3) is 2.62. The van der Waals surface area contributed by atoms with Crippen LogP contribution in [0.5, 0.6) is 0 Å². The number of anilines is 2. The Balaban J connectivity index is 2.18. The molecule has 5 nitrogen and oxygen atoms in total. The van der Waals surface area contributed by atoms with E-state index in [9.17, 15) is 9.18 Å². The number of hydrogen-bond donors (Lipinski definition) is 2. The van der Waals surface area contributed by atoms with Gasteiger partial charge in [-0.3, -0.25) is 4.79 Å². The Kier molecular flexibility index (Phi) is 3.71. The molecule has 0 radical (unpaired) electrons. The van der Waals surface area contributed by atoms with Crippen LogP contribution in [0.3, 0.4) is 0 Å². The standard InChI is InChI=1S/C14H13FN4O/c1-9(19-6-2-3-11(19)8-16)14(20)18-13-5-4-10(15)7-12(13)17/h2-7,9H,17H2,1H3,(H,18,20). The summed E-state index contributed by atoms with van der Waals surface area (Å²) in [5, 5.41) is 11.6. The number of amides is 1. The molecule has 0 aliphatic heterocycles. The van der Waals surface area contributed by atoms with Crippen molar-refractivity contribution in [1.82, 2.24) is 4.57 Å². The van der Waals surface area contributed by atoms with E-state index in [0.717, 1.165) is 6.07 Å². The van der Waals surface area contributed by atoms with Crippen LogP contribution < -0.4 is 11.1 Å². The third-order valence-electron chi connectivity index (χ3n) is 2.96. The Hall–Kier alpha value is -2.81. The molecule has 1 heterocycles. The van der Waals surface area contributed by atoms with Gasteiger partial charge in [-0.25, -0.2) is 4.39 Å². The molecule has 1 unspecified atom stereocenters. The molecule has 2 rings (SSSR count). The van der Waals surface area contributed by atoms with Crippen LogP contribution in [0, 0.1) is 17.1 Å². The monoisotopic (exact) mass is 272 g/mol. The highest BCUT2D eigenvalue weighted by atomic mass is 19.1. The summed E-state index contributed by atoms with van der Waals surface area (Å²) < 4.78 is 14.5. The molecule has 0 saturated heterocycles. The van der Waals surface area contributed by atoms with Gasteiger partial charge in [0.15, 0.2) is 0 Å². The Bertz CT molecular complexity index is 687. The summed E-state index contributed by atoms with van der Waals surface area (Å²) in [5.74, 6) is -0.804. The molecular formula is C14H13FN4O. The lowest BCUT2D eigenvalue weighted by Gasteiger charge is -2.16. The second kappa shape index (κ2) is 5.45. The van der Waals surface area contributed by atoms with Crippen molar-refractivity contribution in [3.8, 4) is 6.07 Å². The van der Waals surface area contributed by atoms with Crippen LogP contribution in [-0.4, -0.2) is 10.5 Å². The van der Waals surface area contributed by atoms with Crippen molar-refractivity contribution >= 4 is 17.3 Å². The van der Waals surface area contributed by atoms with Gasteiger partial charge in [-0.1, -0.05) is 0 Å². The smallest absolute Gasteiger partial charge is 0.247 e. The first-order valence-corrected chi connectivity index (χ1v) is 5.95. The molecule has 0 fully saturated rings. The fourth-order valence-electron chi connectivity index (χ4n) is 1.84. The maximum atomic E-state index is 12.9. The van der Waals surface area contributed by atoms with E-state index in [4.69, 9.17) is 11.0 Å². The largest absolute Gasteiger partial charge is 0.397 e. The van der Waals surface area contributed by atoms with Crippen LogP contribution in [0.15, 0.2) is 36.5 Å². The molecule has 20 heavy (non-hydrogen) atoms. The highest BCUT2D eigenvalue weighted by molar-refractivity contribution is 5.96. The molecule has 2 aromatic rings. The normalized spacial score (nSPS) is 11.7. The van der Waals surface area contributed by atoms with Crippen LogP contribution in [0.25, 0.3) is 0 Å². The summed E-state index contributed by atoms with van der Waals surface area (Å²) in [6.07, 6.45) is 1.65. The van der Waals surface area contributed by atoms with E-state index in [2.05, 4.69) is 5.32 Å². The summed E-state index contributed by atoms with van der Waals surface area (Å²) in [7, 11) is 0. The van der Waals surface area contributed by atoms with Crippen molar-refractivity contribution in [2.24, 2.45) is 0 Å². The fraction of sp³-hybridized carbons (Fsp3) is 0.143. The van der Waals surface area contributed by atoms with Crippen molar-refractivity contribution in [3.63, 3.8) is 0 Å². The maximum Gasteiger partial charge on any atom is 0.247 e. The van der Waals surface area contributed by atoms with Gasteiger partial charge in [0.05, 0.1) is 11.4 Å². The molecule has 3 N–H and O–H groups in total. The van der Waals surface area contributed by atoms with E-state index < -0.39 is 11.9 Å². The van der Waals surface area contributed by atoms with E-state index >= 15 is 0 Å². The SMILES string of the molecule is CC(C(=O)Nc1ccc(F)cc1N)n1cccc1C#N. The number of nitrogens with two attached hydrogens (primary N) is 1. The van der Waals surface area contributed by atoms with Crippen molar-refractivity contribution in [1.29, 1.82) is 5.26 Å². The number of nitrogens with one attached hydrogen (secondary N) is 1. The molecule has 0 bridgehead atoms. The van der Waals surface area contributed by atoms with Crippen LogP contribution in [-0.2, 0) is 4.79 Å². The van der Waals surface area contributed by atoms with E-state index in [1.54, 1.807) is 29.8 Å². The Morgan fingerprint density at radius 2 is 2.25 bits per heavy atom. The molecule has 102 valence electrons. The van der Waals surface area contributed by atoms with E-state index in [0.29, 0.717) is 11.4 Å². The number of nitrogens with zero attached hydrogens (tertiary/aromatic N) is 2. The van der Waals surface area contributed by atoms with Crippen LogP contribution in [0.4, 0.5) is 15.8 Å². The van der Waals surface area contributed by atoms with Gasteiger partial charge >= 0.3 is 0 Å². The second-order valence-electron chi connectivity index (χ2n) is 4.31. The van der Waals surface area contributed by atoms with Gasteiger partial charge in [-0.2, -0.15) is 5.26 Å². The number of benzene rings is 1. The highest BCUT2D eigenvalue weighted by Gasteiger charge is 2.17. The zero-order valence-electron chi connectivity index (χ0n) is 10.8. The molecule has 6 heteroatoms. The molecule has 0 saturated carbocycles. The first-order chi connectivity index (χ1) is 9.52. The summed E-state index contributed by atoms with van der Waals surface area (Å²) in [6.45, 7) is 1.66. The van der Waals surface area contributed by atoms with Gasteiger partial charge in [0.1, 0.15) is 23.6 Å². The molecular weight excluding hydrogens is 259 g/mol. The summed E-state index contributed by atoms with van der Waals surface area (Å²) in [4.78, 5) is 12.1. The molecule has 1 atom stereocenters. The molecule has 0 aliphatic carbocycles. The topological polar surface area (TPSA) is 83.8 Å². The van der Waals surface area contributed by atoms with Crippen molar-refractivity contribution < 1.29 is 9.18 Å². The number of aromatic nitrogens is 1. The van der Waals surface area contributed by atoms with Crippen LogP contribution in [0.1, 0.15) is 18.7 Å². The minimum absolute atomic E-state index is 0.151. The van der Waals surface area contributed by atoms with Crippen LogP contribution >= 0.6 is 0 Å². The van der Waals surface area contributed by atoms with E-state index in [-0.39, 0.29) is 11.6 Å². The second-order valence-corrected chi connectivity index (χ2v) is 4.31. The highest BCUT2D eigenvalue weighted by Crippen LogP contribution is 2.21. The number of nitrogen functional groups attached to an aromatic ring is 1. The number of carbonyl (C=O) groups is 1. The fourth-order valence-corrected chi connectivity index (χ4v) is 1.84. The Morgan fingerprint density at radius 1 is 1.50 bits per heavy atom. The summed E-state index contributed by atoms with van der Waals surface area (Å²) in [6, 6.07) is 8.48. The summed E-state index contributed by atoms with van der Waals surface area (Å²) in [5.41, 5.74) is 6.51. The van der Waals surface area contributed by atoms with Crippen molar-refractivity contribution in [3.05, 3.63) is 48.0 Å². The number of rotatable bonds is 3. The molecule has 0 spiro atoms. The van der Waals surface area contributed by atoms with E-state index in [1.165, 1.54) is 12.1 Å². The van der Waals surface area contributed by atoms with Gasteiger partial charge in [0.25, 0.3) is 0 Å². The van der Waals surface area contributed by atoms with Crippen molar-refractivity contribution in [2.75, 3.05) is 11.1 Å². The Morgan fingerprint density at radius 3 is 2.90 bits per heavy atom. The molecule has 0 aliphatic rings. The van der Waals surface area contributed by atoms with Gasteiger partial charge in [0.2, 0.25) is 5.91 Å². The first-order valence-electron chi connectivity index (χ1n) is 5.95. The minimum atomic E-state index is -0.580. The minimum Gasteiger partial charge on any atom is -0.397 e. The van der Waals surface area contributed by atoms with Gasteiger partial charge < -0.3 is 15.6 Å². The zero-order chi connectivity index (χ0) is 14.7. The number of nitriles is 1. The molecule has 1 aromatic carbocycles. The maximum absolute atomic E-state index is 12.9. The number of halogens is 1. The van der Waals surface area contributed by atoms with E-state index in [1.807, 2.05) is 6.07 Å². The third-order valence-corrected chi connectivity index (χ3v) is 2.96. The van der Waals surface area contributed by atoms with Gasteiger partial charge in [-0.15, -0.1) is 0 Å². The lowest BCUT2D eigenvalue weighted by atomic mass is 10.2. The zero-order valence-corrected chi connectivity index (χ0v) is 10.8. The lowest BCUT2D eigenvalue weighted by molar-refractivity contribution is -0.118. The lowest BCUT2D eigenvalue weighted by Crippen LogP contribution is -2.24. The molecule has 1 aromatic heterocycles. The number of carbonyl (C=O) groups excluding carboxylic acids is 1.